The number of likely N-dealkylation sites (tertiary alicyclic amines) is 1. The minimum absolute atomic E-state index is 0.122. The fraction of sp³-hybridized carbons (Fsp3) is 0.333. The number of primary amides is 1. The van der Waals surface area contributed by atoms with Crippen LogP contribution in [-0.4, -0.2) is 44.1 Å². The van der Waals surface area contributed by atoms with Crippen molar-refractivity contribution in [3.05, 3.63) is 76.3 Å². The second-order valence-electron chi connectivity index (χ2n) is 7.46. The van der Waals surface area contributed by atoms with Gasteiger partial charge in [-0.05, 0) is 65.7 Å². The molecule has 1 aromatic heterocycles. The average molecular weight is 429 g/mol. The van der Waals surface area contributed by atoms with Crippen LogP contribution >= 0.6 is 11.6 Å². The number of tetrazole rings is 1. The van der Waals surface area contributed by atoms with E-state index in [-0.39, 0.29) is 23.7 Å². The van der Waals surface area contributed by atoms with Gasteiger partial charge in [0.2, 0.25) is 5.91 Å². The molecular formula is C21H22ClFN6O. The van der Waals surface area contributed by atoms with Gasteiger partial charge in [-0.2, -0.15) is 0 Å². The van der Waals surface area contributed by atoms with Crippen molar-refractivity contribution in [2.75, 3.05) is 13.1 Å². The molecule has 9 heteroatoms. The Morgan fingerprint density at radius 2 is 1.87 bits per heavy atom. The summed E-state index contributed by atoms with van der Waals surface area (Å²) in [6.45, 7) is 1.75. The summed E-state index contributed by atoms with van der Waals surface area (Å²) >= 11 is 6.54. The topological polar surface area (TPSA) is 89.9 Å². The lowest BCUT2D eigenvalue weighted by molar-refractivity contribution is -0.123. The van der Waals surface area contributed by atoms with Crippen molar-refractivity contribution in [3.63, 3.8) is 0 Å². The molecule has 0 saturated carbocycles. The molecule has 1 amide bonds. The van der Waals surface area contributed by atoms with E-state index in [1.807, 2.05) is 24.3 Å². The summed E-state index contributed by atoms with van der Waals surface area (Å²) in [5, 5.41) is 13.0. The number of hydrogen-bond donors (Lipinski definition) is 1. The highest BCUT2D eigenvalue weighted by Gasteiger charge is 2.33. The van der Waals surface area contributed by atoms with Gasteiger partial charge < -0.3 is 5.73 Å². The lowest BCUT2D eigenvalue weighted by Crippen LogP contribution is -2.41. The Balaban J connectivity index is 1.67. The number of aromatic nitrogens is 4. The standard InChI is InChI=1S/C21H22ClFN6O/c22-18-4-2-1-3-17(18)19(28-11-9-15(10-12-28)20(24)30)21-25-26-27-29(21)13-14-5-7-16(23)8-6-14/h1-8,15,19H,9-13H2,(H2,24,30). The molecule has 2 N–H and O–H groups in total. The molecule has 2 heterocycles. The molecule has 156 valence electrons. The third-order valence-corrected chi connectivity index (χ3v) is 5.89. The number of nitrogens with zero attached hydrogens (tertiary/aromatic N) is 5. The molecule has 7 nitrogen and oxygen atoms in total. The van der Waals surface area contributed by atoms with E-state index in [1.54, 1.807) is 16.8 Å². The Morgan fingerprint density at radius 3 is 2.53 bits per heavy atom. The zero-order chi connectivity index (χ0) is 21.1. The van der Waals surface area contributed by atoms with E-state index in [2.05, 4.69) is 20.4 Å². The number of hydrogen-bond acceptors (Lipinski definition) is 5. The first-order valence-electron chi connectivity index (χ1n) is 9.81. The normalized spacial score (nSPS) is 16.5. The number of carbonyl (C=O) groups is 1. The summed E-state index contributed by atoms with van der Waals surface area (Å²) < 4.78 is 15.0. The number of amides is 1. The molecule has 3 aromatic rings. The van der Waals surface area contributed by atoms with Crippen LogP contribution in [0.15, 0.2) is 48.5 Å². The van der Waals surface area contributed by atoms with Crippen molar-refractivity contribution < 1.29 is 9.18 Å². The molecule has 30 heavy (non-hydrogen) atoms. The Hall–Kier alpha value is -2.84. The van der Waals surface area contributed by atoms with Crippen LogP contribution < -0.4 is 5.73 Å². The minimum atomic E-state index is -0.290. The Labute approximate surface area is 178 Å². The maximum Gasteiger partial charge on any atom is 0.220 e. The Morgan fingerprint density at radius 1 is 1.17 bits per heavy atom. The molecule has 1 unspecified atom stereocenters. The monoisotopic (exact) mass is 428 g/mol. The van der Waals surface area contributed by atoms with Gasteiger partial charge >= 0.3 is 0 Å². The van der Waals surface area contributed by atoms with E-state index in [9.17, 15) is 9.18 Å². The second kappa shape index (κ2) is 8.89. The fourth-order valence-corrected chi connectivity index (χ4v) is 4.16. The minimum Gasteiger partial charge on any atom is -0.369 e. The van der Waals surface area contributed by atoms with Gasteiger partial charge in [0.1, 0.15) is 5.82 Å². The number of nitrogens with two attached hydrogens (primary N) is 1. The van der Waals surface area contributed by atoms with Gasteiger partial charge in [-0.3, -0.25) is 9.69 Å². The smallest absolute Gasteiger partial charge is 0.220 e. The van der Waals surface area contributed by atoms with Crippen molar-refractivity contribution in [2.45, 2.75) is 25.4 Å². The maximum absolute atomic E-state index is 13.3. The summed E-state index contributed by atoms with van der Waals surface area (Å²) in [5.74, 6) is -0.0275. The summed E-state index contributed by atoms with van der Waals surface area (Å²) in [6, 6.07) is 13.6. The van der Waals surface area contributed by atoms with Gasteiger partial charge in [-0.25, -0.2) is 9.07 Å². The fourth-order valence-electron chi connectivity index (χ4n) is 3.92. The van der Waals surface area contributed by atoms with Crippen molar-refractivity contribution in [1.29, 1.82) is 0 Å². The molecule has 1 aliphatic rings. The molecule has 0 spiro atoms. The zero-order valence-electron chi connectivity index (χ0n) is 16.3. The summed E-state index contributed by atoms with van der Waals surface area (Å²) in [5.41, 5.74) is 7.28. The van der Waals surface area contributed by atoms with Crippen LogP contribution in [0.5, 0.6) is 0 Å². The second-order valence-corrected chi connectivity index (χ2v) is 7.87. The summed E-state index contributed by atoms with van der Waals surface area (Å²) in [6.07, 6.45) is 1.35. The number of benzene rings is 2. The highest BCUT2D eigenvalue weighted by atomic mass is 35.5. The van der Waals surface area contributed by atoms with E-state index < -0.39 is 0 Å². The molecular weight excluding hydrogens is 407 g/mol. The number of rotatable bonds is 6. The van der Waals surface area contributed by atoms with E-state index in [0.717, 1.165) is 11.1 Å². The van der Waals surface area contributed by atoms with Gasteiger partial charge in [-0.15, -0.1) is 5.10 Å². The van der Waals surface area contributed by atoms with E-state index >= 15 is 0 Å². The molecule has 1 aliphatic heterocycles. The third kappa shape index (κ3) is 4.34. The lowest BCUT2D eigenvalue weighted by atomic mass is 9.93. The largest absolute Gasteiger partial charge is 0.369 e. The Kier molecular flexibility index (Phi) is 6.06. The van der Waals surface area contributed by atoms with Gasteiger partial charge in [0.15, 0.2) is 5.82 Å². The van der Waals surface area contributed by atoms with Gasteiger partial charge in [0.05, 0.1) is 12.6 Å². The van der Waals surface area contributed by atoms with E-state index in [1.165, 1.54) is 12.1 Å². The van der Waals surface area contributed by atoms with Crippen molar-refractivity contribution >= 4 is 17.5 Å². The average Bonchev–Trinajstić information content (AvgIpc) is 3.19. The van der Waals surface area contributed by atoms with Crippen LogP contribution in [0.25, 0.3) is 0 Å². The predicted octanol–water partition coefficient (Wildman–Crippen LogP) is 2.80. The van der Waals surface area contributed by atoms with Crippen LogP contribution in [-0.2, 0) is 11.3 Å². The summed E-state index contributed by atoms with van der Waals surface area (Å²) in [4.78, 5) is 13.8. The van der Waals surface area contributed by atoms with Gasteiger partial charge in [0.25, 0.3) is 0 Å². The molecule has 1 fully saturated rings. The molecule has 1 saturated heterocycles. The molecule has 0 bridgehead atoms. The molecule has 0 aliphatic carbocycles. The van der Waals surface area contributed by atoms with Crippen LogP contribution in [0.1, 0.15) is 35.8 Å². The van der Waals surface area contributed by atoms with Crippen molar-refractivity contribution in [1.82, 2.24) is 25.1 Å². The zero-order valence-corrected chi connectivity index (χ0v) is 17.0. The first-order chi connectivity index (χ1) is 14.5. The Bertz CT molecular complexity index is 1020. The van der Waals surface area contributed by atoms with E-state index in [0.29, 0.717) is 43.3 Å². The first-order valence-corrected chi connectivity index (χ1v) is 10.2. The highest BCUT2D eigenvalue weighted by molar-refractivity contribution is 6.31. The molecule has 4 rings (SSSR count). The van der Waals surface area contributed by atoms with Crippen LogP contribution in [0.4, 0.5) is 4.39 Å². The molecule has 0 radical (unpaired) electrons. The number of halogens is 2. The quantitative estimate of drug-likeness (QED) is 0.652. The van der Waals surface area contributed by atoms with E-state index in [4.69, 9.17) is 17.3 Å². The molecule has 1 atom stereocenters. The van der Waals surface area contributed by atoms with Gasteiger partial charge in [-0.1, -0.05) is 41.9 Å². The molecule has 2 aromatic carbocycles. The van der Waals surface area contributed by atoms with Crippen LogP contribution in [0, 0.1) is 11.7 Å². The number of carbonyl (C=O) groups excluding carboxylic acids is 1. The third-order valence-electron chi connectivity index (χ3n) is 5.55. The predicted molar refractivity (Wildman–Crippen MR) is 110 cm³/mol. The van der Waals surface area contributed by atoms with Gasteiger partial charge in [0, 0.05) is 10.9 Å². The van der Waals surface area contributed by atoms with Crippen molar-refractivity contribution in [3.8, 4) is 0 Å². The highest BCUT2D eigenvalue weighted by Crippen LogP contribution is 2.34. The van der Waals surface area contributed by atoms with Crippen molar-refractivity contribution in [2.24, 2.45) is 11.7 Å². The maximum atomic E-state index is 13.3. The SMILES string of the molecule is NC(=O)C1CCN(C(c2ccccc2Cl)c2nnnn2Cc2ccc(F)cc2)CC1. The van der Waals surface area contributed by atoms with Crippen LogP contribution in [0.3, 0.4) is 0 Å². The number of piperidine rings is 1. The summed E-state index contributed by atoms with van der Waals surface area (Å²) in [7, 11) is 0. The first kappa shape index (κ1) is 20.4. The lowest BCUT2D eigenvalue weighted by Gasteiger charge is -2.36. The van der Waals surface area contributed by atoms with Crippen LogP contribution in [0.2, 0.25) is 5.02 Å².